The van der Waals surface area contributed by atoms with Crippen molar-refractivity contribution in [3.63, 3.8) is 0 Å². The highest BCUT2D eigenvalue weighted by atomic mass is 19.1. The van der Waals surface area contributed by atoms with E-state index in [0.717, 1.165) is 55.8 Å². The SMILES string of the molecule is O=C(Nc1cccc(-c2ccc(F)cc2)c1)C1CCCN(CCn2cnnc2)C1. The Morgan fingerprint density at radius 3 is 2.66 bits per heavy atom. The number of piperidine rings is 1. The Bertz CT molecular complexity index is 942. The molecule has 4 rings (SSSR count). The van der Waals surface area contributed by atoms with Crippen LogP contribution in [0.3, 0.4) is 0 Å². The van der Waals surface area contributed by atoms with Crippen LogP contribution in [0.2, 0.25) is 0 Å². The van der Waals surface area contributed by atoms with Gasteiger partial charge in [0.15, 0.2) is 0 Å². The number of likely N-dealkylation sites (tertiary alicyclic amines) is 1. The number of hydrogen-bond donors (Lipinski definition) is 1. The minimum Gasteiger partial charge on any atom is -0.326 e. The summed E-state index contributed by atoms with van der Waals surface area (Å²) in [5.41, 5.74) is 2.63. The van der Waals surface area contributed by atoms with Crippen molar-refractivity contribution in [2.24, 2.45) is 5.92 Å². The van der Waals surface area contributed by atoms with Crippen molar-refractivity contribution in [2.75, 3.05) is 25.0 Å². The van der Waals surface area contributed by atoms with Crippen LogP contribution >= 0.6 is 0 Å². The molecule has 2 aromatic carbocycles. The van der Waals surface area contributed by atoms with Gasteiger partial charge in [-0.2, -0.15) is 0 Å². The van der Waals surface area contributed by atoms with Crippen molar-refractivity contribution >= 4 is 11.6 Å². The standard InChI is InChI=1S/C22H24FN5O/c23-20-8-6-17(7-9-20)18-3-1-5-21(13-18)26-22(29)19-4-2-10-27(14-19)11-12-28-15-24-25-16-28/h1,3,5-9,13,15-16,19H,2,4,10-12,14H2,(H,26,29). The first-order valence-electron chi connectivity index (χ1n) is 9.89. The zero-order valence-electron chi connectivity index (χ0n) is 16.2. The van der Waals surface area contributed by atoms with E-state index in [-0.39, 0.29) is 17.6 Å². The zero-order chi connectivity index (χ0) is 20.1. The number of rotatable bonds is 6. The molecule has 1 aliphatic heterocycles. The molecule has 1 atom stereocenters. The molecule has 1 unspecified atom stereocenters. The van der Waals surface area contributed by atoms with E-state index >= 15 is 0 Å². The van der Waals surface area contributed by atoms with Crippen LogP contribution in [0.25, 0.3) is 11.1 Å². The molecule has 0 bridgehead atoms. The van der Waals surface area contributed by atoms with Crippen molar-refractivity contribution in [3.05, 3.63) is 67.0 Å². The van der Waals surface area contributed by atoms with Crippen LogP contribution in [0.5, 0.6) is 0 Å². The number of anilines is 1. The minimum atomic E-state index is -0.260. The molecular weight excluding hydrogens is 369 g/mol. The summed E-state index contributed by atoms with van der Waals surface area (Å²) in [6, 6.07) is 14.0. The lowest BCUT2D eigenvalue weighted by Crippen LogP contribution is -2.41. The molecule has 0 aliphatic carbocycles. The van der Waals surface area contributed by atoms with Gasteiger partial charge in [0.05, 0.1) is 5.92 Å². The second-order valence-electron chi connectivity index (χ2n) is 7.42. The van der Waals surface area contributed by atoms with Gasteiger partial charge < -0.3 is 14.8 Å². The molecule has 1 aliphatic rings. The van der Waals surface area contributed by atoms with Gasteiger partial charge in [0.2, 0.25) is 5.91 Å². The molecule has 1 saturated heterocycles. The summed E-state index contributed by atoms with van der Waals surface area (Å²) >= 11 is 0. The molecule has 150 valence electrons. The summed E-state index contributed by atoms with van der Waals surface area (Å²) in [6.07, 6.45) is 5.33. The van der Waals surface area contributed by atoms with Crippen LogP contribution in [0, 0.1) is 11.7 Å². The van der Waals surface area contributed by atoms with Gasteiger partial charge in [-0.05, 0) is 54.8 Å². The van der Waals surface area contributed by atoms with Crippen LogP contribution in [0.1, 0.15) is 12.8 Å². The van der Waals surface area contributed by atoms with Gasteiger partial charge in [-0.1, -0.05) is 24.3 Å². The van der Waals surface area contributed by atoms with Crippen molar-refractivity contribution in [2.45, 2.75) is 19.4 Å². The highest BCUT2D eigenvalue weighted by Crippen LogP contribution is 2.24. The van der Waals surface area contributed by atoms with Crippen LogP contribution in [0.15, 0.2) is 61.2 Å². The van der Waals surface area contributed by atoms with Crippen molar-refractivity contribution in [1.29, 1.82) is 0 Å². The Kier molecular flexibility index (Phi) is 5.95. The maximum Gasteiger partial charge on any atom is 0.228 e. The predicted octanol–water partition coefficient (Wildman–Crippen LogP) is 3.43. The smallest absolute Gasteiger partial charge is 0.228 e. The van der Waals surface area contributed by atoms with Crippen LogP contribution in [-0.4, -0.2) is 45.2 Å². The van der Waals surface area contributed by atoms with Gasteiger partial charge in [-0.15, -0.1) is 10.2 Å². The minimum absolute atomic E-state index is 0.0286. The van der Waals surface area contributed by atoms with Gasteiger partial charge >= 0.3 is 0 Å². The molecule has 0 radical (unpaired) electrons. The normalized spacial score (nSPS) is 17.2. The van der Waals surface area contributed by atoms with Crippen LogP contribution < -0.4 is 5.32 Å². The lowest BCUT2D eigenvalue weighted by Gasteiger charge is -2.32. The van der Waals surface area contributed by atoms with E-state index < -0.39 is 0 Å². The summed E-state index contributed by atoms with van der Waals surface area (Å²) in [5, 5.41) is 10.7. The third-order valence-corrected chi connectivity index (χ3v) is 5.32. The third kappa shape index (κ3) is 5.06. The molecule has 29 heavy (non-hydrogen) atoms. The number of carbonyl (C=O) groups is 1. The first kappa shape index (κ1) is 19.3. The van der Waals surface area contributed by atoms with E-state index in [4.69, 9.17) is 0 Å². The second-order valence-corrected chi connectivity index (χ2v) is 7.42. The van der Waals surface area contributed by atoms with E-state index in [0.29, 0.717) is 0 Å². The molecule has 2 heterocycles. The van der Waals surface area contributed by atoms with E-state index in [1.807, 2.05) is 28.8 Å². The number of benzene rings is 2. The Labute approximate surface area is 169 Å². The molecule has 6 nitrogen and oxygen atoms in total. The largest absolute Gasteiger partial charge is 0.326 e. The molecule has 0 saturated carbocycles. The number of amides is 1. The van der Waals surface area contributed by atoms with Gasteiger partial charge in [-0.3, -0.25) is 4.79 Å². The molecule has 0 spiro atoms. The third-order valence-electron chi connectivity index (χ3n) is 5.32. The van der Waals surface area contributed by atoms with Crippen LogP contribution in [-0.2, 0) is 11.3 Å². The zero-order valence-corrected chi connectivity index (χ0v) is 16.2. The summed E-state index contributed by atoms with van der Waals surface area (Å²) in [4.78, 5) is 15.1. The van der Waals surface area contributed by atoms with E-state index in [1.165, 1.54) is 12.1 Å². The number of halogens is 1. The fraction of sp³-hybridized carbons (Fsp3) is 0.318. The van der Waals surface area contributed by atoms with E-state index in [2.05, 4.69) is 20.4 Å². The first-order chi connectivity index (χ1) is 14.2. The quantitative estimate of drug-likeness (QED) is 0.697. The van der Waals surface area contributed by atoms with Crippen molar-refractivity contribution in [1.82, 2.24) is 19.7 Å². The first-order valence-corrected chi connectivity index (χ1v) is 9.89. The highest BCUT2D eigenvalue weighted by molar-refractivity contribution is 5.93. The fourth-order valence-electron chi connectivity index (χ4n) is 3.73. The maximum atomic E-state index is 13.2. The number of hydrogen-bond acceptors (Lipinski definition) is 4. The van der Waals surface area contributed by atoms with Gasteiger partial charge in [0, 0.05) is 25.3 Å². The molecule has 7 heteroatoms. The fourth-order valence-corrected chi connectivity index (χ4v) is 3.73. The second kappa shape index (κ2) is 8.96. The predicted molar refractivity (Wildman–Crippen MR) is 110 cm³/mol. The van der Waals surface area contributed by atoms with Crippen LogP contribution in [0.4, 0.5) is 10.1 Å². The highest BCUT2D eigenvalue weighted by Gasteiger charge is 2.25. The Morgan fingerprint density at radius 1 is 1.07 bits per heavy atom. The topological polar surface area (TPSA) is 63.1 Å². The molecule has 3 aromatic rings. The molecular formula is C22H24FN5O. The molecule has 1 aromatic heterocycles. The van der Waals surface area contributed by atoms with E-state index in [9.17, 15) is 9.18 Å². The van der Waals surface area contributed by atoms with Crippen molar-refractivity contribution in [3.8, 4) is 11.1 Å². The Morgan fingerprint density at radius 2 is 1.86 bits per heavy atom. The monoisotopic (exact) mass is 393 g/mol. The Hall–Kier alpha value is -3.06. The lowest BCUT2D eigenvalue weighted by atomic mass is 9.97. The van der Waals surface area contributed by atoms with E-state index in [1.54, 1.807) is 24.8 Å². The number of aromatic nitrogens is 3. The summed E-state index contributed by atoms with van der Waals surface area (Å²) in [7, 11) is 0. The van der Waals surface area contributed by atoms with Crippen molar-refractivity contribution < 1.29 is 9.18 Å². The summed E-state index contributed by atoms with van der Waals surface area (Å²) < 4.78 is 15.1. The van der Waals surface area contributed by atoms with Gasteiger partial charge in [-0.25, -0.2) is 4.39 Å². The molecule has 1 fully saturated rings. The summed E-state index contributed by atoms with van der Waals surface area (Å²) in [6.45, 7) is 3.46. The van der Waals surface area contributed by atoms with Gasteiger partial charge in [0.1, 0.15) is 18.5 Å². The van der Waals surface area contributed by atoms with Gasteiger partial charge in [0.25, 0.3) is 0 Å². The maximum absolute atomic E-state index is 13.2. The summed E-state index contributed by atoms with van der Waals surface area (Å²) in [5.74, 6) is -0.237. The average molecular weight is 393 g/mol. The number of nitrogens with one attached hydrogen (secondary N) is 1. The number of carbonyl (C=O) groups excluding carboxylic acids is 1. The average Bonchev–Trinajstić information content (AvgIpc) is 3.27. The number of nitrogens with zero attached hydrogens (tertiary/aromatic N) is 4. The molecule has 1 amide bonds. The lowest BCUT2D eigenvalue weighted by molar-refractivity contribution is -0.121. The molecule has 1 N–H and O–H groups in total. The Balaban J connectivity index is 1.36.